The molecule has 2 nitrogen and oxygen atoms in total. The van der Waals surface area contributed by atoms with Crippen molar-refractivity contribution in [2.45, 2.75) is 53.4 Å². The highest BCUT2D eigenvalue weighted by molar-refractivity contribution is 5.93. The summed E-state index contributed by atoms with van der Waals surface area (Å²) in [7, 11) is 0. The lowest BCUT2D eigenvalue weighted by Crippen LogP contribution is -2.13. The summed E-state index contributed by atoms with van der Waals surface area (Å²) in [5, 5.41) is 3.39. The average molecular weight is 210 g/mol. The second-order valence-corrected chi connectivity index (χ2v) is 3.98. The minimum atomic E-state index is 0.959. The van der Waals surface area contributed by atoms with Crippen LogP contribution < -0.4 is 5.32 Å². The first-order valence-electron chi connectivity index (χ1n) is 6.13. The molecule has 0 aromatic carbocycles. The molecule has 0 aromatic heterocycles. The van der Waals surface area contributed by atoms with Crippen LogP contribution in [0.5, 0.6) is 0 Å². The first-order chi connectivity index (χ1) is 7.20. The van der Waals surface area contributed by atoms with E-state index >= 15 is 0 Å². The molecule has 0 radical (unpaired) electrons. The van der Waals surface area contributed by atoms with E-state index < -0.39 is 0 Å². The van der Waals surface area contributed by atoms with Gasteiger partial charge in [0, 0.05) is 24.5 Å². The van der Waals surface area contributed by atoms with Gasteiger partial charge in [0.25, 0.3) is 0 Å². The molecule has 0 aliphatic carbocycles. The molecule has 0 unspecified atom stereocenters. The molecule has 0 heterocycles. The molecule has 1 N–H and O–H groups in total. The quantitative estimate of drug-likeness (QED) is 0.481. The van der Waals surface area contributed by atoms with Crippen LogP contribution in [0.3, 0.4) is 0 Å². The van der Waals surface area contributed by atoms with Crippen LogP contribution >= 0.6 is 0 Å². The molecule has 0 aromatic rings. The minimum absolute atomic E-state index is 0.959. The Kier molecular flexibility index (Phi) is 9.24. The molecule has 0 amide bonds. The monoisotopic (exact) mass is 210 g/mol. The Morgan fingerprint density at radius 1 is 1.13 bits per heavy atom. The fourth-order valence-corrected chi connectivity index (χ4v) is 1.29. The Bertz CT molecular complexity index is 205. The fraction of sp³-hybridized carbons (Fsp3) is 0.769. The molecule has 0 fully saturated rings. The standard InChI is InChI=1S/C13H26N2/c1-5-7-9-14-12(3)11-13(4)15-10-8-6-2/h11,14H,5-10H2,1-4H3/b12-11-,15-13?. The average Bonchev–Trinajstić information content (AvgIpc) is 2.18. The summed E-state index contributed by atoms with van der Waals surface area (Å²) in [5.41, 5.74) is 2.35. The predicted octanol–water partition coefficient (Wildman–Crippen LogP) is 3.54. The molecular formula is C13H26N2. The van der Waals surface area contributed by atoms with Gasteiger partial charge in [0.1, 0.15) is 0 Å². The smallest absolute Gasteiger partial charge is 0.0392 e. The maximum atomic E-state index is 4.48. The molecule has 15 heavy (non-hydrogen) atoms. The number of hydrogen-bond donors (Lipinski definition) is 1. The molecule has 0 saturated carbocycles. The third-order valence-electron chi connectivity index (χ3n) is 2.23. The minimum Gasteiger partial charge on any atom is -0.389 e. The molecular weight excluding hydrogens is 184 g/mol. The Morgan fingerprint density at radius 3 is 2.40 bits per heavy atom. The highest BCUT2D eigenvalue weighted by Crippen LogP contribution is 1.94. The van der Waals surface area contributed by atoms with Gasteiger partial charge >= 0.3 is 0 Å². The lowest BCUT2D eigenvalue weighted by molar-refractivity contribution is 0.711. The Balaban J connectivity index is 3.82. The van der Waals surface area contributed by atoms with Crippen molar-refractivity contribution in [2.24, 2.45) is 4.99 Å². The molecule has 0 aliphatic rings. The fourth-order valence-electron chi connectivity index (χ4n) is 1.29. The van der Waals surface area contributed by atoms with Crippen LogP contribution in [0, 0.1) is 0 Å². The Labute approximate surface area is 94.9 Å². The van der Waals surface area contributed by atoms with Gasteiger partial charge in [-0.2, -0.15) is 0 Å². The summed E-state index contributed by atoms with van der Waals surface area (Å²) in [6, 6.07) is 0. The van der Waals surface area contributed by atoms with Crippen molar-refractivity contribution in [2.75, 3.05) is 13.1 Å². The zero-order chi connectivity index (χ0) is 11.5. The van der Waals surface area contributed by atoms with Gasteiger partial charge in [0.15, 0.2) is 0 Å². The van der Waals surface area contributed by atoms with Crippen LogP contribution in [0.1, 0.15) is 53.4 Å². The van der Waals surface area contributed by atoms with Crippen molar-refractivity contribution in [3.05, 3.63) is 11.8 Å². The summed E-state index contributed by atoms with van der Waals surface area (Å²) >= 11 is 0. The van der Waals surface area contributed by atoms with E-state index in [-0.39, 0.29) is 0 Å². The zero-order valence-corrected chi connectivity index (χ0v) is 10.8. The summed E-state index contributed by atoms with van der Waals surface area (Å²) in [6.07, 6.45) is 7.01. The predicted molar refractivity (Wildman–Crippen MR) is 69.6 cm³/mol. The highest BCUT2D eigenvalue weighted by Gasteiger charge is 1.90. The lowest BCUT2D eigenvalue weighted by atomic mass is 10.3. The second-order valence-electron chi connectivity index (χ2n) is 3.98. The third-order valence-corrected chi connectivity index (χ3v) is 2.23. The maximum Gasteiger partial charge on any atom is 0.0392 e. The largest absolute Gasteiger partial charge is 0.389 e. The molecule has 0 saturated heterocycles. The van der Waals surface area contributed by atoms with Crippen LogP contribution in [0.25, 0.3) is 0 Å². The molecule has 2 heteroatoms. The van der Waals surface area contributed by atoms with Crippen LogP contribution in [-0.2, 0) is 0 Å². The van der Waals surface area contributed by atoms with E-state index in [1.807, 2.05) is 0 Å². The first kappa shape index (κ1) is 14.2. The van der Waals surface area contributed by atoms with Crippen molar-refractivity contribution in [3.8, 4) is 0 Å². The highest BCUT2D eigenvalue weighted by atomic mass is 14.9. The molecule has 0 bridgehead atoms. The Morgan fingerprint density at radius 2 is 1.80 bits per heavy atom. The molecule has 88 valence electrons. The van der Waals surface area contributed by atoms with E-state index in [1.54, 1.807) is 0 Å². The number of aliphatic imine (C=N–C) groups is 1. The second kappa shape index (κ2) is 9.75. The van der Waals surface area contributed by atoms with Crippen LogP contribution in [0.2, 0.25) is 0 Å². The maximum absolute atomic E-state index is 4.48. The van der Waals surface area contributed by atoms with E-state index in [2.05, 4.69) is 44.1 Å². The Hall–Kier alpha value is -0.790. The zero-order valence-electron chi connectivity index (χ0n) is 10.8. The van der Waals surface area contributed by atoms with Crippen molar-refractivity contribution in [1.82, 2.24) is 5.32 Å². The van der Waals surface area contributed by atoms with Crippen LogP contribution in [0.15, 0.2) is 16.8 Å². The SMILES string of the molecule is CCCCN=C(C)/C=C(/C)NCCCC. The van der Waals surface area contributed by atoms with Crippen LogP contribution in [0.4, 0.5) is 0 Å². The first-order valence-corrected chi connectivity index (χ1v) is 6.13. The summed E-state index contributed by atoms with van der Waals surface area (Å²) in [4.78, 5) is 4.48. The van der Waals surface area contributed by atoms with Crippen molar-refractivity contribution < 1.29 is 0 Å². The number of allylic oxidation sites excluding steroid dienone is 2. The van der Waals surface area contributed by atoms with Crippen molar-refractivity contribution in [3.63, 3.8) is 0 Å². The van der Waals surface area contributed by atoms with E-state index in [1.165, 1.54) is 31.4 Å². The molecule has 0 rings (SSSR count). The number of rotatable bonds is 8. The number of unbranched alkanes of at least 4 members (excludes halogenated alkanes) is 2. The van der Waals surface area contributed by atoms with Gasteiger partial charge in [-0.3, -0.25) is 4.99 Å². The van der Waals surface area contributed by atoms with E-state index in [9.17, 15) is 0 Å². The van der Waals surface area contributed by atoms with Gasteiger partial charge in [-0.1, -0.05) is 26.7 Å². The summed E-state index contributed by atoms with van der Waals surface area (Å²) < 4.78 is 0. The van der Waals surface area contributed by atoms with Gasteiger partial charge in [-0.15, -0.1) is 0 Å². The van der Waals surface area contributed by atoms with Gasteiger partial charge in [0.2, 0.25) is 0 Å². The molecule has 0 spiro atoms. The van der Waals surface area contributed by atoms with E-state index in [4.69, 9.17) is 0 Å². The third kappa shape index (κ3) is 9.51. The number of nitrogens with one attached hydrogen (secondary N) is 1. The lowest BCUT2D eigenvalue weighted by Gasteiger charge is -2.05. The number of hydrogen-bond acceptors (Lipinski definition) is 2. The van der Waals surface area contributed by atoms with Gasteiger partial charge in [0.05, 0.1) is 0 Å². The number of nitrogens with zero attached hydrogens (tertiary/aromatic N) is 1. The van der Waals surface area contributed by atoms with Crippen LogP contribution in [-0.4, -0.2) is 18.8 Å². The van der Waals surface area contributed by atoms with Gasteiger partial charge < -0.3 is 5.32 Å². The van der Waals surface area contributed by atoms with E-state index in [0.29, 0.717) is 0 Å². The van der Waals surface area contributed by atoms with E-state index in [0.717, 1.165) is 18.8 Å². The van der Waals surface area contributed by atoms with Crippen molar-refractivity contribution >= 4 is 5.71 Å². The topological polar surface area (TPSA) is 24.4 Å². The van der Waals surface area contributed by atoms with Gasteiger partial charge in [-0.05, 0) is 32.8 Å². The molecule has 0 aliphatic heterocycles. The summed E-state index contributed by atoms with van der Waals surface area (Å²) in [6.45, 7) is 10.6. The van der Waals surface area contributed by atoms with Gasteiger partial charge in [-0.25, -0.2) is 0 Å². The van der Waals surface area contributed by atoms with Crippen molar-refractivity contribution in [1.29, 1.82) is 0 Å². The summed E-state index contributed by atoms with van der Waals surface area (Å²) in [5.74, 6) is 0. The molecule has 0 atom stereocenters. The normalized spacial score (nSPS) is 13.1.